The number of hydrogen-bond donors (Lipinski definition) is 2. The minimum Gasteiger partial charge on any atom is -0.460 e. The number of anilines is 1. The van der Waals surface area contributed by atoms with Gasteiger partial charge in [0, 0.05) is 5.02 Å². The van der Waals surface area contributed by atoms with Gasteiger partial charge in [-0.15, -0.1) is 0 Å². The number of halogens is 2. The van der Waals surface area contributed by atoms with E-state index in [4.69, 9.17) is 27.6 Å². The zero-order valence-electron chi connectivity index (χ0n) is 11.4. The van der Waals surface area contributed by atoms with Crippen LogP contribution in [0.2, 0.25) is 10.0 Å². The Morgan fingerprint density at radius 1 is 1.18 bits per heavy atom. The Kier molecular flexibility index (Phi) is 5.19. The number of carbonyl (C=O) groups is 2. The third kappa shape index (κ3) is 4.34. The Hall–Kier alpha value is -2.31. The number of benzene rings is 1. The molecule has 6 nitrogen and oxygen atoms in total. The van der Waals surface area contributed by atoms with Crippen molar-refractivity contribution in [3.8, 4) is 0 Å². The first kappa shape index (κ1) is 16.1. The summed E-state index contributed by atoms with van der Waals surface area (Å²) in [4.78, 5) is 23.3. The molecule has 0 fully saturated rings. The molecular formula is C14H11Cl2N3O3. The fourth-order valence-corrected chi connectivity index (χ4v) is 1.84. The molecule has 0 radical (unpaired) electrons. The normalized spacial score (nSPS) is 10.7. The highest BCUT2D eigenvalue weighted by Crippen LogP contribution is 2.25. The van der Waals surface area contributed by atoms with Crippen LogP contribution in [0.1, 0.15) is 11.5 Å². The molecule has 1 aromatic carbocycles. The van der Waals surface area contributed by atoms with Crippen LogP contribution >= 0.6 is 23.2 Å². The summed E-state index contributed by atoms with van der Waals surface area (Å²) in [5.41, 5.74) is 2.31. The summed E-state index contributed by atoms with van der Waals surface area (Å²) in [7, 11) is 0. The molecule has 0 bridgehead atoms. The molecule has 2 rings (SSSR count). The van der Waals surface area contributed by atoms with Gasteiger partial charge in [0.15, 0.2) is 0 Å². The molecule has 1 aromatic heterocycles. The van der Waals surface area contributed by atoms with Crippen molar-refractivity contribution >= 4 is 46.9 Å². The summed E-state index contributed by atoms with van der Waals surface area (Å²) in [6, 6.07) is 7.93. The summed E-state index contributed by atoms with van der Waals surface area (Å²) in [5.74, 6) is -0.704. The van der Waals surface area contributed by atoms with Crippen LogP contribution in [0.25, 0.3) is 0 Å². The van der Waals surface area contributed by atoms with Crippen LogP contribution in [0.4, 0.5) is 5.69 Å². The standard InChI is InChI=1S/C14H11Cl2N3O3/c1-8-2-4-10(22-8)7-17-19-14(21)13(20)18-12-6-9(15)3-5-11(12)16/h2-7H,1H3,(H,18,20)(H,19,21)/b17-7-. The Morgan fingerprint density at radius 2 is 1.95 bits per heavy atom. The van der Waals surface area contributed by atoms with Crippen LogP contribution in [-0.2, 0) is 9.59 Å². The molecule has 22 heavy (non-hydrogen) atoms. The second-order valence-corrected chi connectivity index (χ2v) is 5.07. The average molecular weight is 340 g/mol. The first-order valence-electron chi connectivity index (χ1n) is 6.11. The maximum atomic E-state index is 11.7. The van der Waals surface area contributed by atoms with Crippen LogP contribution in [0.15, 0.2) is 39.9 Å². The number of furan rings is 1. The molecule has 2 amide bonds. The Morgan fingerprint density at radius 3 is 2.64 bits per heavy atom. The topological polar surface area (TPSA) is 83.7 Å². The number of hydrazone groups is 1. The molecule has 0 spiro atoms. The first-order chi connectivity index (χ1) is 10.5. The van der Waals surface area contributed by atoms with E-state index < -0.39 is 11.8 Å². The van der Waals surface area contributed by atoms with E-state index in [1.807, 2.05) is 0 Å². The number of nitrogens with one attached hydrogen (secondary N) is 2. The molecule has 0 unspecified atom stereocenters. The summed E-state index contributed by atoms with van der Waals surface area (Å²) < 4.78 is 5.22. The molecule has 114 valence electrons. The highest BCUT2D eigenvalue weighted by atomic mass is 35.5. The molecule has 0 atom stereocenters. The van der Waals surface area contributed by atoms with Crippen LogP contribution in [0, 0.1) is 6.92 Å². The predicted molar refractivity (Wildman–Crippen MR) is 84.3 cm³/mol. The van der Waals surface area contributed by atoms with Gasteiger partial charge in [0.05, 0.1) is 16.9 Å². The van der Waals surface area contributed by atoms with Gasteiger partial charge in [-0.2, -0.15) is 5.10 Å². The largest absolute Gasteiger partial charge is 0.460 e. The smallest absolute Gasteiger partial charge is 0.329 e. The molecule has 0 aliphatic carbocycles. The Labute approximate surface area is 136 Å². The van der Waals surface area contributed by atoms with E-state index in [0.717, 1.165) is 0 Å². The molecule has 1 heterocycles. The lowest BCUT2D eigenvalue weighted by molar-refractivity contribution is -0.136. The van der Waals surface area contributed by atoms with E-state index in [0.29, 0.717) is 16.5 Å². The molecule has 0 saturated heterocycles. The van der Waals surface area contributed by atoms with Gasteiger partial charge in [0.25, 0.3) is 0 Å². The van der Waals surface area contributed by atoms with Crippen molar-refractivity contribution in [2.75, 3.05) is 5.32 Å². The van der Waals surface area contributed by atoms with Crippen LogP contribution in [0.5, 0.6) is 0 Å². The van der Waals surface area contributed by atoms with Gasteiger partial charge in [0.2, 0.25) is 0 Å². The Bertz CT molecular complexity index is 741. The second-order valence-electron chi connectivity index (χ2n) is 4.23. The quantitative estimate of drug-likeness (QED) is 0.512. The van der Waals surface area contributed by atoms with Crippen molar-refractivity contribution in [2.45, 2.75) is 6.92 Å². The number of amides is 2. The van der Waals surface area contributed by atoms with E-state index in [-0.39, 0.29) is 10.7 Å². The first-order valence-corrected chi connectivity index (χ1v) is 6.87. The molecule has 2 N–H and O–H groups in total. The molecule has 2 aromatic rings. The fourth-order valence-electron chi connectivity index (χ4n) is 1.50. The summed E-state index contributed by atoms with van der Waals surface area (Å²) in [6.07, 6.45) is 1.28. The van der Waals surface area contributed by atoms with Gasteiger partial charge in [-0.25, -0.2) is 5.43 Å². The van der Waals surface area contributed by atoms with E-state index in [9.17, 15) is 9.59 Å². The number of nitrogens with zero attached hydrogens (tertiary/aromatic N) is 1. The number of hydrogen-bond acceptors (Lipinski definition) is 4. The van der Waals surface area contributed by atoms with Gasteiger partial charge >= 0.3 is 11.8 Å². The van der Waals surface area contributed by atoms with Crippen molar-refractivity contribution < 1.29 is 14.0 Å². The van der Waals surface area contributed by atoms with E-state index >= 15 is 0 Å². The lowest BCUT2D eigenvalue weighted by atomic mass is 10.3. The van der Waals surface area contributed by atoms with Crippen molar-refractivity contribution in [1.29, 1.82) is 0 Å². The number of aryl methyl sites for hydroxylation is 1. The van der Waals surface area contributed by atoms with E-state index in [1.165, 1.54) is 18.3 Å². The van der Waals surface area contributed by atoms with Gasteiger partial charge < -0.3 is 9.73 Å². The van der Waals surface area contributed by atoms with Gasteiger partial charge in [0.1, 0.15) is 11.5 Å². The van der Waals surface area contributed by atoms with E-state index in [1.54, 1.807) is 25.1 Å². The molecule has 0 aliphatic heterocycles. The van der Waals surface area contributed by atoms with Crippen molar-refractivity contribution in [3.63, 3.8) is 0 Å². The number of carbonyl (C=O) groups excluding carboxylic acids is 2. The van der Waals surface area contributed by atoms with Crippen molar-refractivity contribution in [3.05, 3.63) is 51.9 Å². The molecular weight excluding hydrogens is 329 g/mol. The van der Waals surface area contributed by atoms with Gasteiger partial charge in [-0.1, -0.05) is 23.2 Å². The average Bonchev–Trinajstić information content (AvgIpc) is 2.88. The lowest BCUT2D eigenvalue weighted by Gasteiger charge is -2.06. The molecule has 8 heteroatoms. The summed E-state index contributed by atoms with van der Waals surface area (Å²) in [5, 5.41) is 6.60. The highest BCUT2D eigenvalue weighted by molar-refractivity contribution is 6.42. The molecule has 0 aliphatic rings. The van der Waals surface area contributed by atoms with Crippen LogP contribution < -0.4 is 10.7 Å². The third-order valence-corrected chi connectivity index (χ3v) is 3.07. The minimum absolute atomic E-state index is 0.236. The zero-order chi connectivity index (χ0) is 16.1. The zero-order valence-corrected chi connectivity index (χ0v) is 12.9. The SMILES string of the molecule is Cc1ccc(/C=N\NC(=O)C(=O)Nc2cc(Cl)ccc2Cl)o1. The summed E-state index contributed by atoms with van der Waals surface area (Å²) >= 11 is 11.7. The highest BCUT2D eigenvalue weighted by Gasteiger charge is 2.14. The summed E-state index contributed by atoms with van der Waals surface area (Å²) in [6.45, 7) is 1.78. The van der Waals surface area contributed by atoms with Crippen LogP contribution in [0.3, 0.4) is 0 Å². The number of rotatable bonds is 3. The molecule has 0 saturated carbocycles. The maximum Gasteiger partial charge on any atom is 0.329 e. The lowest BCUT2D eigenvalue weighted by Crippen LogP contribution is -2.32. The predicted octanol–water partition coefficient (Wildman–Crippen LogP) is 2.98. The second kappa shape index (κ2) is 7.11. The minimum atomic E-state index is -0.949. The van der Waals surface area contributed by atoms with E-state index in [2.05, 4.69) is 15.8 Å². The van der Waals surface area contributed by atoms with Gasteiger partial charge in [-0.05, 0) is 37.3 Å². The van der Waals surface area contributed by atoms with Crippen LogP contribution in [-0.4, -0.2) is 18.0 Å². The van der Waals surface area contributed by atoms with Gasteiger partial charge in [-0.3, -0.25) is 9.59 Å². The fraction of sp³-hybridized carbons (Fsp3) is 0.0714. The monoisotopic (exact) mass is 339 g/mol. The third-order valence-electron chi connectivity index (χ3n) is 2.50. The van der Waals surface area contributed by atoms with Crippen molar-refractivity contribution in [2.24, 2.45) is 5.10 Å². The Balaban J connectivity index is 1.93. The van der Waals surface area contributed by atoms with Crippen molar-refractivity contribution in [1.82, 2.24) is 5.43 Å². The maximum absolute atomic E-state index is 11.7.